The van der Waals surface area contributed by atoms with Crippen LogP contribution in [-0.4, -0.2) is 21.0 Å². The Hall–Kier alpha value is -1.23. The zero-order chi connectivity index (χ0) is 12.6. The highest BCUT2D eigenvalue weighted by atomic mass is 35.5. The average Bonchev–Trinajstić information content (AvgIpc) is 2.55. The molecule has 0 aliphatic rings. The minimum Gasteiger partial charge on any atom is -0.306 e. The van der Waals surface area contributed by atoms with Crippen molar-refractivity contribution in [1.29, 1.82) is 0 Å². The number of fused-ring (bicyclic) bond motifs is 1. The fourth-order valence-corrected chi connectivity index (χ4v) is 1.92. The van der Waals surface area contributed by atoms with E-state index in [1.807, 2.05) is 13.0 Å². The van der Waals surface area contributed by atoms with E-state index in [9.17, 15) is 8.78 Å². The Labute approximate surface area is 102 Å². The van der Waals surface area contributed by atoms with Crippen LogP contribution in [-0.2, 0) is 6.54 Å². The Balaban J connectivity index is 2.62. The van der Waals surface area contributed by atoms with Gasteiger partial charge >= 0.3 is 0 Å². The standard InChI is InChI=1S/C11H12ClF2N3/c1-6-3-8-11(15-4-6)17(5-9(13)14)10(16-8)7(2)12/h3-4,7,9H,5H2,1-2H3. The second kappa shape index (κ2) is 4.56. The molecule has 1 atom stereocenters. The molecule has 0 amide bonds. The molecule has 0 saturated heterocycles. The van der Waals surface area contributed by atoms with Gasteiger partial charge < -0.3 is 4.57 Å². The van der Waals surface area contributed by atoms with E-state index in [1.54, 1.807) is 13.1 Å². The molecule has 2 aromatic heterocycles. The van der Waals surface area contributed by atoms with Crippen LogP contribution < -0.4 is 0 Å². The van der Waals surface area contributed by atoms with Crippen molar-refractivity contribution in [3.8, 4) is 0 Å². The van der Waals surface area contributed by atoms with Crippen LogP contribution in [0.4, 0.5) is 8.78 Å². The number of hydrogen-bond donors (Lipinski definition) is 0. The van der Waals surface area contributed by atoms with Gasteiger partial charge in [-0.15, -0.1) is 11.6 Å². The maximum atomic E-state index is 12.5. The van der Waals surface area contributed by atoms with Crippen molar-refractivity contribution in [3.63, 3.8) is 0 Å². The second-order valence-electron chi connectivity index (χ2n) is 3.94. The van der Waals surface area contributed by atoms with Gasteiger partial charge in [-0.2, -0.15) is 0 Å². The Morgan fingerprint density at radius 3 is 2.76 bits per heavy atom. The average molecular weight is 260 g/mol. The molecule has 6 heteroatoms. The lowest BCUT2D eigenvalue weighted by atomic mass is 10.3. The maximum Gasteiger partial charge on any atom is 0.256 e. The molecule has 0 radical (unpaired) electrons. The minimum atomic E-state index is -2.45. The van der Waals surface area contributed by atoms with Gasteiger partial charge in [-0.3, -0.25) is 0 Å². The summed E-state index contributed by atoms with van der Waals surface area (Å²) in [7, 11) is 0. The first kappa shape index (κ1) is 12.2. The topological polar surface area (TPSA) is 30.7 Å². The van der Waals surface area contributed by atoms with Gasteiger partial charge in [-0.25, -0.2) is 18.7 Å². The molecule has 0 aromatic carbocycles. The summed E-state index contributed by atoms with van der Waals surface area (Å²) in [6, 6.07) is 1.81. The molecule has 0 spiro atoms. The molecular formula is C11H12ClF2N3. The second-order valence-corrected chi connectivity index (χ2v) is 4.60. The van der Waals surface area contributed by atoms with Crippen molar-refractivity contribution in [2.75, 3.05) is 0 Å². The molecule has 0 N–H and O–H groups in total. The molecule has 1 unspecified atom stereocenters. The van der Waals surface area contributed by atoms with Crippen LogP contribution in [0.5, 0.6) is 0 Å². The number of aromatic nitrogens is 3. The smallest absolute Gasteiger partial charge is 0.256 e. The SMILES string of the molecule is Cc1cnc2c(c1)nc(C(C)Cl)n2CC(F)F. The highest BCUT2D eigenvalue weighted by Crippen LogP contribution is 2.24. The number of rotatable bonds is 3. The van der Waals surface area contributed by atoms with E-state index in [-0.39, 0.29) is 0 Å². The predicted molar refractivity (Wildman–Crippen MR) is 62.5 cm³/mol. The molecule has 0 aliphatic heterocycles. The van der Waals surface area contributed by atoms with Gasteiger partial charge in [-0.05, 0) is 25.5 Å². The van der Waals surface area contributed by atoms with Crippen LogP contribution in [0, 0.1) is 6.92 Å². The molecule has 2 rings (SSSR count). The van der Waals surface area contributed by atoms with E-state index in [1.165, 1.54) is 4.57 Å². The predicted octanol–water partition coefficient (Wildman–Crippen LogP) is 3.30. The Kier molecular flexibility index (Phi) is 3.28. The quantitative estimate of drug-likeness (QED) is 0.792. The summed E-state index contributed by atoms with van der Waals surface area (Å²) in [6.45, 7) is 3.15. The van der Waals surface area contributed by atoms with Crippen LogP contribution in [0.15, 0.2) is 12.3 Å². The summed E-state index contributed by atoms with van der Waals surface area (Å²) in [5.74, 6) is 0.431. The summed E-state index contributed by atoms with van der Waals surface area (Å²) < 4.78 is 26.4. The minimum absolute atomic E-state index is 0.428. The van der Waals surface area contributed by atoms with Crippen LogP contribution >= 0.6 is 11.6 Å². The lowest BCUT2D eigenvalue weighted by Crippen LogP contribution is -2.11. The summed E-state index contributed by atoms with van der Waals surface area (Å²) in [5, 5.41) is -0.428. The third-order valence-electron chi connectivity index (χ3n) is 2.43. The molecule has 3 nitrogen and oxygen atoms in total. The van der Waals surface area contributed by atoms with Crippen molar-refractivity contribution >= 4 is 22.8 Å². The maximum absolute atomic E-state index is 12.5. The zero-order valence-electron chi connectivity index (χ0n) is 9.49. The van der Waals surface area contributed by atoms with Crippen LogP contribution in [0.2, 0.25) is 0 Å². The Morgan fingerprint density at radius 2 is 2.18 bits per heavy atom. The number of nitrogens with zero attached hydrogens (tertiary/aromatic N) is 3. The molecule has 0 saturated carbocycles. The lowest BCUT2D eigenvalue weighted by Gasteiger charge is -2.08. The summed E-state index contributed by atoms with van der Waals surface area (Å²) in [4.78, 5) is 8.41. The molecule has 0 bridgehead atoms. The highest BCUT2D eigenvalue weighted by molar-refractivity contribution is 6.20. The Morgan fingerprint density at radius 1 is 1.47 bits per heavy atom. The largest absolute Gasteiger partial charge is 0.306 e. The van der Waals surface area contributed by atoms with E-state index in [4.69, 9.17) is 11.6 Å². The van der Waals surface area contributed by atoms with Gasteiger partial charge in [0, 0.05) is 6.20 Å². The van der Waals surface area contributed by atoms with Crippen molar-refractivity contribution in [2.45, 2.75) is 32.2 Å². The van der Waals surface area contributed by atoms with Crippen molar-refractivity contribution in [3.05, 3.63) is 23.7 Å². The first-order chi connectivity index (χ1) is 7.99. The summed E-state index contributed by atoms with van der Waals surface area (Å²) >= 11 is 5.95. The van der Waals surface area contributed by atoms with Gasteiger partial charge in [0.25, 0.3) is 6.43 Å². The molecule has 17 heavy (non-hydrogen) atoms. The van der Waals surface area contributed by atoms with Gasteiger partial charge in [0.2, 0.25) is 0 Å². The van der Waals surface area contributed by atoms with Gasteiger partial charge in [0.1, 0.15) is 11.3 Å². The van der Waals surface area contributed by atoms with Gasteiger partial charge in [0.05, 0.1) is 11.9 Å². The molecule has 0 aliphatic carbocycles. The number of imidazole rings is 1. The number of hydrogen-bond acceptors (Lipinski definition) is 2. The Bertz CT molecular complexity index is 537. The third-order valence-corrected chi connectivity index (χ3v) is 2.62. The first-order valence-electron chi connectivity index (χ1n) is 5.24. The highest BCUT2D eigenvalue weighted by Gasteiger charge is 2.18. The molecular weight excluding hydrogens is 248 g/mol. The normalized spacial score (nSPS) is 13.5. The molecule has 2 heterocycles. The fourth-order valence-electron chi connectivity index (χ4n) is 1.75. The summed E-state index contributed by atoms with van der Waals surface area (Å²) in [5.41, 5.74) is 2.00. The number of alkyl halides is 3. The number of halogens is 3. The first-order valence-corrected chi connectivity index (χ1v) is 5.67. The van der Waals surface area contributed by atoms with E-state index in [0.29, 0.717) is 17.0 Å². The van der Waals surface area contributed by atoms with E-state index in [0.717, 1.165) is 5.56 Å². The molecule has 2 aromatic rings. The number of aryl methyl sites for hydroxylation is 1. The van der Waals surface area contributed by atoms with E-state index < -0.39 is 18.3 Å². The lowest BCUT2D eigenvalue weighted by molar-refractivity contribution is 0.126. The molecule has 0 fully saturated rings. The van der Waals surface area contributed by atoms with E-state index in [2.05, 4.69) is 9.97 Å². The van der Waals surface area contributed by atoms with Gasteiger partial charge in [0.15, 0.2) is 5.65 Å². The monoisotopic (exact) mass is 259 g/mol. The fraction of sp³-hybridized carbons (Fsp3) is 0.455. The zero-order valence-corrected chi connectivity index (χ0v) is 10.2. The summed E-state index contributed by atoms with van der Waals surface area (Å²) in [6.07, 6.45) is -0.820. The van der Waals surface area contributed by atoms with Crippen molar-refractivity contribution in [2.24, 2.45) is 0 Å². The van der Waals surface area contributed by atoms with Crippen LogP contribution in [0.3, 0.4) is 0 Å². The van der Waals surface area contributed by atoms with Crippen LogP contribution in [0.1, 0.15) is 23.7 Å². The van der Waals surface area contributed by atoms with E-state index >= 15 is 0 Å². The van der Waals surface area contributed by atoms with Crippen molar-refractivity contribution in [1.82, 2.24) is 14.5 Å². The van der Waals surface area contributed by atoms with Crippen LogP contribution in [0.25, 0.3) is 11.2 Å². The van der Waals surface area contributed by atoms with Gasteiger partial charge in [-0.1, -0.05) is 0 Å². The van der Waals surface area contributed by atoms with Crippen molar-refractivity contribution < 1.29 is 8.78 Å². The molecule has 92 valence electrons. The number of pyridine rings is 1. The third kappa shape index (κ3) is 2.39.